The number of hydrogen-bond donors (Lipinski definition) is 1. The van der Waals surface area contributed by atoms with E-state index in [1.54, 1.807) is 11.1 Å². The number of anilines is 1. The van der Waals surface area contributed by atoms with E-state index in [1.165, 1.54) is 5.56 Å². The van der Waals surface area contributed by atoms with E-state index < -0.39 is 0 Å². The van der Waals surface area contributed by atoms with Crippen LogP contribution in [0.5, 0.6) is 0 Å². The third-order valence-electron chi connectivity index (χ3n) is 4.48. The van der Waals surface area contributed by atoms with E-state index in [-0.39, 0.29) is 30.2 Å². The van der Waals surface area contributed by atoms with Gasteiger partial charge in [-0.25, -0.2) is 0 Å². The highest BCUT2D eigenvalue weighted by atomic mass is 16.2. The summed E-state index contributed by atoms with van der Waals surface area (Å²) >= 11 is 0. The zero-order valence-electron chi connectivity index (χ0n) is 14.7. The van der Waals surface area contributed by atoms with E-state index in [4.69, 9.17) is 0 Å². The van der Waals surface area contributed by atoms with Crippen molar-refractivity contribution < 1.29 is 9.59 Å². The minimum absolute atomic E-state index is 0.0217. The Kier molecular flexibility index (Phi) is 5.16. The minimum atomic E-state index is -0.300. The van der Waals surface area contributed by atoms with E-state index in [1.807, 2.05) is 55.1 Å². The number of amides is 2. The highest BCUT2D eigenvalue weighted by molar-refractivity contribution is 6.00. The molecule has 0 spiro atoms. The standard InChI is InChI=1S/C19H24N4O2/c1-14(2)23-13-17(11-21-23)22-12-16(10-18(22)24)19(25)20-9-8-15-6-4-3-5-7-15/h3-7,11,13-14,16H,8-10,12H2,1-2H3,(H,20,25)/t16-/m0/s1. The fourth-order valence-corrected chi connectivity index (χ4v) is 3.00. The molecule has 2 heterocycles. The molecular weight excluding hydrogens is 316 g/mol. The number of hydrogen-bond acceptors (Lipinski definition) is 3. The maximum Gasteiger partial charge on any atom is 0.227 e. The molecule has 6 nitrogen and oxygen atoms in total. The van der Waals surface area contributed by atoms with Gasteiger partial charge in [0.1, 0.15) is 0 Å². The Hall–Kier alpha value is -2.63. The summed E-state index contributed by atoms with van der Waals surface area (Å²) in [5, 5.41) is 7.22. The molecule has 25 heavy (non-hydrogen) atoms. The van der Waals surface area contributed by atoms with Crippen molar-refractivity contribution in [2.75, 3.05) is 18.0 Å². The van der Waals surface area contributed by atoms with Gasteiger partial charge in [-0.15, -0.1) is 0 Å². The lowest BCUT2D eigenvalue weighted by Gasteiger charge is -2.14. The number of benzene rings is 1. The lowest BCUT2D eigenvalue weighted by atomic mass is 10.1. The Bertz CT molecular complexity index is 739. The molecule has 0 aliphatic carbocycles. The topological polar surface area (TPSA) is 67.2 Å². The molecule has 1 fully saturated rings. The van der Waals surface area contributed by atoms with Crippen molar-refractivity contribution in [3.63, 3.8) is 0 Å². The number of aromatic nitrogens is 2. The molecule has 1 N–H and O–H groups in total. The first-order valence-electron chi connectivity index (χ1n) is 8.70. The van der Waals surface area contributed by atoms with Crippen LogP contribution in [0.1, 0.15) is 31.9 Å². The SMILES string of the molecule is CC(C)n1cc(N2C[C@@H](C(=O)NCCc3ccccc3)CC2=O)cn1. The fourth-order valence-electron chi connectivity index (χ4n) is 3.00. The molecule has 0 unspecified atom stereocenters. The summed E-state index contributed by atoms with van der Waals surface area (Å²) in [7, 11) is 0. The van der Waals surface area contributed by atoms with Gasteiger partial charge in [0.25, 0.3) is 0 Å². The average molecular weight is 340 g/mol. The molecule has 1 aromatic carbocycles. The monoisotopic (exact) mass is 340 g/mol. The van der Waals surface area contributed by atoms with Gasteiger partial charge in [-0.1, -0.05) is 30.3 Å². The normalized spacial score (nSPS) is 17.3. The Labute approximate surface area is 147 Å². The summed E-state index contributed by atoms with van der Waals surface area (Å²) in [5.41, 5.74) is 1.95. The molecule has 6 heteroatoms. The van der Waals surface area contributed by atoms with Crippen LogP contribution in [0.25, 0.3) is 0 Å². The number of rotatable bonds is 6. The summed E-state index contributed by atoms with van der Waals surface area (Å²) in [6, 6.07) is 10.3. The van der Waals surface area contributed by atoms with E-state index in [0.29, 0.717) is 13.1 Å². The predicted octanol–water partition coefficient (Wildman–Crippen LogP) is 2.18. The van der Waals surface area contributed by atoms with Gasteiger partial charge < -0.3 is 10.2 Å². The number of carbonyl (C=O) groups excluding carboxylic acids is 2. The predicted molar refractivity (Wildman–Crippen MR) is 96.2 cm³/mol. The van der Waals surface area contributed by atoms with Crippen LogP contribution in [-0.4, -0.2) is 34.7 Å². The van der Waals surface area contributed by atoms with Crippen LogP contribution in [0, 0.1) is 5.92 Å². The molecule has 132 valence electrons. The lowest BCUT2D eigenvalue weighted by molar-refractivity contribution is -0.126. The highest BCUT2D eigenvalue weighted by Crippen LogP contribution is 2.25. The van der Waals surface area contributed by atoms with E-state index in [9.17, 15) is 9.59 Å². The molecule has 2 aromatic rings. The van der Waals surface area contributed by atoms with Crippen LogP contribution in [0.4, 0.5) is 5.69 Å². The molecule has 2 amide bonds. The van der Waals surface area contributed by atoms with Crippen molar-refractivity contribution in [3.8, 4) is 0 Å². The molecule has 1 atom stereocenters. The first kappa shape index (κ1) is 17.2. The quantitative estimate of drug-likeness (QED) is 0.876. The van der Waals surface area contributed by atoms with Crippen molar-refractivity contribution in [1.82, 2.24) is 15.1 Å². The number of carbonyl (C=O) groups is 2. The lowest BCUT2D eigenvalue weighted by Crippen LogP contribution is -2.34. The van der Waals surface area contributed by atoms with Crippen LogP contribution in [0.3, 0.4) is 0 Å². The summed E-state index contributed by atoms with van der Waals surface area (Å²) in [4.78, 5) is 26.3. The maximum atomic E-state index is 12.4. The zero-order chi connectivity index (χ0) is 17.8. The number of nitrogens with one attached hydrogen (secondary N) is 1. The Morgan fingerprint density at radius 2 is 2.08 bits per heavy atom. The van der Waals surface area contributed by atoms with Crippen LogP contribution in [0.2, 0.25) is 0 Å². The third kappa shape index (κ3) is 4.07. The molecule has 0 saturated carbocycles. The van der Waals surface area contributed by atoms with Crippen molar-refractivity contribution >= 4 is 17.5 Å². The smallest absolute Gasteiger partial charge is 0.227 e. The van der Waals surface area contributed by atoms with Gasteiger partial charge in [-0.05, 0) is 25.8 Å². The van der Waals surface area contributed by atoms with Crippen molar-refractivity contribution in [2.45, 2.75) is 32.7 Å². The van der Waals surface area contributed by atoms with Gasteiger partial charge in [0.15, 0.2) is 0 Å². The second-order valence-electron chi connectivity index (χ2n) is 6.70. The Morgan fingerprint density at radius 3 is 2.76 bits per heavy atom. The zero-order valence-corrected chi connectivity index (χ0v) is 14.7. The van der Waals surface area contributed by atoms with Crippen LogP contribution in [-0.2, 0) is 16.0 Å². The molecule has 3 rings (SSSR count). The van der Waals surface area contributed by atoms with Gasteiger partial charge in [0.05, 0.1) is 17.8 Å². The molecule has 0 radical (unpaired) electrons. The van der Waals surface area contributed by atoms with Gasteiger partial charge in [-0.2, -0.15) is 5.10 Å². The first-order valence-corrected chi connectivity index (χ1v) is 8.70. The largest absolute Gasteiger partial charge is 0.355 e. The van der Waals surface area contributed by atoms with E-state index >= 15 is 0 Å². The first-order chi connectivity index (χ1) is 12.0. The molecular formula is C19H24N4O2. The summed E-state index contributed by atoms with van der Waals surface area (Å²) in [6.07, 6.45) is 4.59. The summed E-state index contributed by atoms with van der Waals surface area (Å²) < 4.78 is 1.82. The van der Waals surface area contributed by atoms with Crippen molar-refractivity contribution in [2.24, 2.45) is 5.92 Å². The second-order valence-corrected chi connectivity index (χ2v) is 6.70. The Balaban J connectivity index is 1.53. The Morgan fingerprint density at radius 1 is 1.32 bits per heavy atom. The fraction of sp³-hybridized carbons (Fsp3) is 0.421. The molecule has 1 aliphatic heterocycles. The van der Waals surface area contributed by atoms with Gasteiger partial charge in [0.2, 0.25) is 11.8 Å². The highest BCUT2D eigenvalue weighted by Gasteiger charge is 2.35. The molecule has 1 aliphatic rings. The molecule has 0 bridgehead atoms. The van der Waals surface area contributed by atoms with Crippen LogP contribution in [0.15, 0.2) is 42.7 Å². The molecule has 1 saturated heterocycles. The average Bonchev–Trinajstić information content (AvgIpc) is 3.22. The van der Waals surface area contributed by atoms with Crippen molar-refractivity contribution in [3.05, 3.63) is 48.3 Å². The number of nitrogens with zero attached hydrogens (tertiary/aromatic N) is 3. The second kappa shape index (κ2) is 7.51. The van der Waals surface area contributed by atoms with Crippen molar-refractivity contribution in [1.29, 1.82) is 0 Å². The minimum Gasteiger partial charge on any atom is -0.355 e. The summed E-state index contributed by atoms with van der Waals surface area (Å²) in [5.74, 6) is -0.375. The van der Waals surface area contributed by atoms with Crippen LogP contribution >= 0.6 is 0 Å². The van der Waals surface area contributed by atoms with Crippen LogP contribution < -0.4 is 10.2 Å². The van der Waals surface area contributed by atoms with E-state index in [0.717, 1.165) is 12.1 Å². The van der Waals surface area contributed by atoms with Gasteiger partial charge >= 0.3 is 0 Å². The molecule has 1 aromatic heterocycles. The van der Waals surface area contributed by atoms with E-state index in [2.05, 4.69) is 10.4 Å². The third-order valence-corrected chi connectivity index (χ3v) is 4.48. The van der Waals surface area contributed by atoms with Gasteiger partial charge in [-0.3, -0.25) is 14.3 Å². The maximum absolute atomic E-state index is 12.4. The summed E-state index contributed by atoms with van der Waals surface area (Å²) in [6.45, 7) is 5.07. The van der Waals surface area contributed by atoms with Gasteiger partial charge in [0, 0.05) is 31.7 Å².